The van der Waals surface area contributed by atoms with E-state index < -0.39 is 38.9 Å². The molecule has 2 aliphatic carbocycles. The zero-order valence-electron chi connectivity index (χ0n) is 19.6. The number of hydrogen-bond donors (Lipinski definition) is 2. The molecule has 8 heteroatoms. The third kappa shape index (κ3) is 2.26. The normalized spacial score (nSPS) is 42.2. The van der Waals surface area contributed by atoms with E-state index in [9.17, 15) is 19.2 Å². The molecule has 0 aromatic carbocycles. The average molecular weight is 435 g/mol. The van der Waals surface area contributed by atoms with E-state index in [0.717, 1.165) is 0 Å². The first-order chi connectivity index (χ1) is 14.1. The van der Waals surface area contributed by atoms with Gasteiger partial charge in [0.25, 0.3) is 11.8 Å². The smallest absolute Gasteiger partial charge is 0.313 e. The Bertz CT molecular complexity index is 896. The third-order valence-electron chi connectivity index (χ3n) is 9.85. The zero-order valence-corrected chi connectivity index (χ0v) is 19.6. The number of amides is 2. The lowest BCUT2D eigenvalue weighted by molar-refractivity contribution is -0.169. The first-order valence-corrected chi connectivity index (χ1v) is 11.2. The standard InChI is InChI=1S/C23H34N2O6/c1-13(25-15(27)23-11-9-21(7,17(29)31-23)19(23,4)5)12-24-14(26)22-10-8-20(6,16(28)30-22)18(22,2)3/h13H,8-12H2,1-7H3,(H,24,26)(H,25,27)/t13-,20-,21-,22-,23+/m0/s1. The molecule has 8 nitrogen and oxygen atoms in total. The quantitative estimate of drug-likeness (QED) is 0.639. The number of rotatable bonds is 5. The molecule has 31 heavy (non-hydrogen) atoms. The second-order valence-electron chi connectivity index (χ2n) is 11.4. The fraction of sp³-hybridized carbons (Fsp3) is 0.826. The van der Waals surface area contributed by atoms with Gasteiger partial charge < -0.3 is 20.1 Å². The molecule has 2 heterocycles. The van der Waals surface area contributed by atoms with Crippen molar-refractivity contribution in [3.63, 3.8) is 0 Å². The summed E-state index contributed by atoms with van der Waals surface area (Å²) < 4.78 is 11.2. The fourth-order valence-corrected chi connectivity index (χ4v) is 6.27. The minimum absolute atomic E-state index is 0.179. The number of ether oxygens (including phenoxy) is 2. The predicted octanol–water partition coefficient (Wildman–Crippen LogP) is 1.85. The minimum atomic E-state index is -1.19. The molecule has 4 aliphatic rings. The van der Waals surface area contributed by atoms with E-state index in [1.807, 2.05) is 41.5 Å². The molecule has 4 fully saturated rings. The number of esters is 2. The monoisotopic (exact) mass is 434 g/mol. The maximum atomic E-state index is 13.2. The van der Waals surface area contributed by atoms with E-state index in [4.69, 9.17) is 9.47 Å². The van der Waals surface area contributed by atoms with Crippen LogP contribution in [0, 0.1) is 21.7 Å². The number of hydrogen-bond acceptors (Lipinski definition) is 6. The Labute approximate surface area is 183 Å². The largest absolute Gasteiger partial charge is 0.448 e. The van der Waals surface area contributed by atoms with Gasteiger partial charge in [-0.2, -0.15) is 0 Å². The average Bonchev–Trinajstić information content (AvgIpc) is 3.14. The maximum Gasteiger partial charge on any atom is 0.313 e. The lowest BCUT2D eigenvalue weighted by Crippen LogP contribution is -2.58. The van der Waals surface area contributed by atoms with E-state index in [-0.39, 0.29) is 30.3 Å². The summed E-state index contributed by atoms with van der Waals surface area (Å²) in [6, 6.07) is -0.391. The highest BCUT2D eigenvalue weighted by Gasteiger charge is 2.76. The summed E-state index contributed by atoms with van der Waals surface area (Å²) in [6.45, 7) is 13.3. The second-order valence-corrected chi connectivity index (χ2v) is 11.4. The summed E-state index contributed by atoms with van der Waals surface area (Å²) in [5.41, 5.74) is -4.96. The van der Waals surface area contributed by atoms with E-state index >= 15 is 0 Å². The molecule has 0 aromatic heterocycles. The molecular formula is C23H34N2O6. The second kappa shape index (κ2) is 6.01. The van der Waals surface area contributed by atoms with Gasteiger partial charge in [0, 0.05) is 23.4 Å². The minimum Gasteiger partial charge on any atom is -0.448 e. The van der Waals surface area contributed by atoms with Gasteiger partial charge in [-0.3, -0.25) is 19.2 Å². The van der Waals surface area contributed by atoms with Crippen LogP contribution < -0.4 is 10.6 Å². The molecule has 4 rings (SSSR count). The molecule has 2 N–H and O–H groups in total. The lowest BCUT2D eigenvalue weighted by Gasteiger charge is -2.37. The maximum absolute atomic E-state index is 13.2. The molecule has 0 spiro atoms. The molecule has 2 saturated carbocycles. The van der Waals surface area contributed by atoms with Crippen LogP contribution >= 0.6 is 0 Å². The summed E-state index contributed by atoms with van der Waals surface area (Å²) in [7, 11) is 0. The van der Waals surface area contributed by atoms with E-state index in [0.29, 0.717) is 25.7 Å². The first-order valence-electron chi connectivity index (χ1n) is 11.2. The van der Waals surface area contributed by atoms with Gasteiger partial charge in [-0.25, -0.2) is 0 Å². The van der Waals surface area contributed by atoms with Gasteiger partial charge in [0.05, 0.1) is 10.8 Å². The lowest BCUT2D eigenvalue weighted by atomic mass is 9.66. The highest BCUT2D eigenvalue weighted by Crippen LogP contribution is 2.66. The summed E-state index contributed by atoms with van der Waals surface area (Å²) in [6.07, 6.45) is 2.19. The van der Waals surface area contributed by atoms with Crippen molar-refractivity contribution in [2.75, 3.05) is 6.54 Å². The molecule has 0 unspecified atom stereocenters. The van der Waals surface area contributed by atoms with Crippen LogP contribution in [0.5, 0.6) is 0 Å². The van der Waals surface area contributed by atoms with E-state index in [2.05, 4.69) is 10.6 Å². The van der Waals surface area contributed by atoms with Crippen LogP contribution in [0.25, 0.3) is 0 Å². The molecular weight excluding hydrogens is 400 g/mol. The SMILES string of the molecule is C[C@@H](CNC(=O)[C@]12CC[C@@](C)(C(=O)O1)C2(C)C)NC(=O)[C@@]12CC[C@@](C)(C(=O)O1)C2(C)C. The van der Waals surface area contributed by atoms with Crippen LogP contribution in [0.15, 0.2) is 0 Å². The van der Waals surface area contributed by atoms with Crippen molar-refractivity contribution in [3.05, 3.63) is 0 Å². The molecule has 0 aromatic rings. The van der Waals surface area contributed by atoms with Crippen LogP contribution in [0.1, 0.15) is 74.1 Å². The Morgan fingerprint density at radius 3 is 1.58 bits per heavy atom. The molecule has 2 aliphatic heterocycles. The molecule has 172 valence electrons. The highest BCUT2D eigenvalue weighted by atomic mass is 16.6. The van der Waals surface area contributed by atoms with E-state index in [1.165, 1.54) is 0 Å². The highest BCUT2D eigenvalue weighted by molar-refractivity contribution is 5.97. The fourth-order valence-electron chi connectivity index (χ4n) is 6.27. The van der Waals surface area contributed by atoms with Crippen molar-refractivity contribution in [1.29, 1.82) is 0 Å². The Morgan fingerprint density at radius 1 is 0.806 bits per heavy atom. The van der Waals surface area contributed by atoms with Gasteiger partial charge in [0.15, 0.2) is 11.2 Å². The number of fused-ring (bicyclic) bond motifs is 4. The van der Waals surface area contributed by atoms with Gasteiger partial charge in [0.1, 0.15) is 0 Å². The van der Waals surface area contributed by atoms with E-state index in [1.54, 1.807) is 6.92 Å². The van der Waals surface area contributed by atoms with Crippen LogP contribution in [0.3, 0.4) is 0 Å². The van der Waals surface area contributed by atoms with Crippen molar-refractivity contribution in [3.8, 4) is 0 Å². The Kier molecular flexibility index (Phi) is 4.28. The van der Waals surface area contributed by atoms with Crippen LogP contribution in [0.2, 0.25) is 0 Å². The summed E-state index contributed by atoms with van der Waals surface area (Å²) >= 11 is 0. The van der Waals surface area contributed by atoms with Gasteiger partial charge >= 0.3 is 11.9 Å². The molecule has 5 atom stereocenters. The first kappa shape index (κ1) is 22.1. The van der Waals surface area contributed by atoms with Gasteiger partial charge in [-0.05, 0) is 46.5 Å². The van der Waals surface area contributed by atoms with Crippen LogP contribution in [-0.4, -0.2) is 47.5 Å². The zero-order chi connectivity index (χ0) is 23.3. The Hall–Kier alpha value is -2.12. The third-order valence-corrected chi connectivity index (χ3v) is 9.85. The molecule has 4 bridgehead atoms. The summed E-state index contributed by atoms with van der Waals surface area (Å²) in [5.74, 6) is -1.30. The number of carbonyl (C=O) groups is 4. The number of carbonyl (C=O) groups excluding carboxylic acids is 4. The van der Waals surface area contributed by atoms with Crippen molar-refractivity contribution in [2.24, 2.45) is 21.7 Å². The Balaban J connectivity index is 1.41. The molecule has 2 amide bonds. The van der Waals surface area contributed by atoms with Crippen molar-refractivity contribution in [2.45, 2.75) is 91.4 Å². The van der Waals surface area contributed by atoms with Crippen LogP contribution in [-0.2, 0) is 28.7 Å². The topological polar surface area (TPSA) is 111 Å². The van der Waals surface area contributed by atoms with Crippen molar-refractivity contribution in [1.82, 2.24) is 10.6 Å². The van der Waals surface area contributed by atoms with Gasteiger partial charge in [-0.1, -0.05) is 27.7 Å². The number of nitrogens with one attached hydrogen (secondary N) is 2. The Morgan fingerprint density at radius 2 is 1.23 bits per heavy atom. The van der Waals surface area contributed by atoms with Crippen LogP contribution in [0.4, 0.5) is 0 Å². The van der Waals surface area contributed by atoms with Gasteiger partial charge in [0.2, 0.25) is 0 Å². The predicted molar refractivity (Wildman–Crippen MR) is 111 cm³/mol. The summed E-state index contributed by atoms with van der Waals surface area (Å²) in [5, 5.41) is 5.79. The summed E-state index contributed by atoms with van der Waals surface area (Å²) in [4.78, 5) is 51.1. The van der Waals surface area contributed by atoms with Crippen molar-refractivity contribution >= 4 is 23.8 Å². The van der Waals surface area contributed by atoms with Gasteiger partial charge in [-0.15, -0.1) is 0 Å². The molecule has 0 radical (unpaired) electrons. The molecule has 2 saturated heterocycles. The van der Waals surface area contributed by atoms with Crippen molar-refractivity contribution < 1.29 is 28.7 Å².